The molecule has 5 nitrogen and oxygen atoms in total. The number of amides is 2. The number of carboxylic acid groups (broad SMARTS) is 1. The van der Waals surface area contributed by atoms with Gasteiger partial charge in [-0.3, -0.25) is 0 Å². The summed E-state index contributed by atoms with van der Waals surface area (Å²) in [6, 6.07) is 7.17. The van der Waals surface area contributed by atoms with Gasteiger partial charge in [0.15, 0.2) is 0 Å². The van der Waals surface area contributed by atoms with Crippen LogP contribution in [-0.4, -0.2) is 17.1 Å². The summed E-state index contributed by atoms with van der Waals surface area (Å²) in [7, 11) is 0. The SMILES string of the molecule is O=C(NCc1ccc(Cl)s1)Nc1cc(Cl)ccc1C(=O)O. The molecule has 0 radical (unpaired) electrons. The van der Waals surface area contributed by atoms with Crippen LogP contribution in [-0.2, 0) is 6.54 Å². The van der Waals surface area contributed by atoms with Crippen LogP contribution in [0.1, 0.15) is 15.2 Å². The van der Waals surface area contributed by atoms with Crippen LogP contribution in [0.25, 0.3) is 0 Å². The molecule has 2 amide bonds. The van der Waals surface area contributed by atoms with Gasteiger partial charge in [0.2, 0.25) is 0 Å². The van der Waals surface area contributed by atoms with Crippen molar-refractivity contribution in [1.29, 1.82) is 0 Å². The summed E-state index contributed by atoms with van der Waals surface area (Å²) in [6.07, 6.45) is 0. The van der Waals surface area contributed by atoms with Gasteiger partial charge in [-0.1, -0.05) is 23.2 Å². The Bertz CT molecular complexity index is 688. The molecule has 2 rings (SSSR count). The van der Waals surface area contributed by atoms with Crippen LogP contribution in [0.15, 0.2) is 30.3 Å². The van der Waals surface area contributed by atoms with Gasteiger partial charge in [0, 0.05) is 9.90 Å². The third-order valence-electron chi connectivity index (χ3n) is 2.51. The first-order chi connectivity index (χ1) is 9.95. The van der Waals surface area contributed by atoms with E-state index in [0.717, 1.165) is 4.88 Å². The molecule has 0 unspecified atom stereocenters. The Morgan fingerprint density at radius 1 is 1.19 bits per heavy atom. The molecule has 3 N–H and O–H groups in total. The second kappa shape index (κ2) is 6.80. The molecular formula is C13H10Cl2N2O3S. The lowest BCUT2D eigenvalue weighted by Crippen LogP contribution is -2.28. The Hall–Kier alpha value is -1.76. The lowest BCUT2D eigenvalue weighted by Gasteiger charge is -2.09. The molecule has 110 valence electrons. The lowest BCUT2D eigenvalue weighted by atomic mass is 10.2. The van der Waals surface area contributed by atoms with Gasteiger partial charge in [-0.2, -0.15) is 0 Å². The number of benzene rings is 1. The average Bonchev–Trinajstić information content (AvgIpc) is 2.82. The molecule has 0 spiro atoms. The first kappa shape index (κ1) is 15.6. The molecule has 0 saturated carbocycles. The zero-order chi connectivity index (χ0) is 15.4. The molecule has 1 heterocycles. The molecule has 0 saturated heterocycles. The van der Waals surface area contributed by atoms with E-state index in [-0.39, 0.29) is 11.3 Å². The van der Waals surface area contributed by atoms with Crippen molar-refractivity contribution in [2.24, 2.45) is 0 Å². The third kappa shape index (κ3) is 4.35. The number of rotatable bonds is 4. The van der Waals surface area contributed by atoms with E-state index >= 15 is 0 Å². The van der Waals surface area contributed by atoms with Crippen LogP contribution < -0.4 is 10.6 Å². The van der Waals surface area contributed by atoms with Crippen molar-refractivity contribution in [1.82, 2.24) is 5.32 Å². The minimum atomic E-state index is -1.15. The van der Waals surface area contributed by atoms with Gasteiger partial charge in [0.05, 0.1) is 22.1 Å². The fraction of sp³-hybridized carbons (Fsp3) is 0.0769. The van der Waals surface area contributed by atoms with E-state index in [9.17, 15) is 9.59 Å². The number of urea groups is 1. The van der Waals surface area contributed by atoms with Crippen molar-refractivity contribution in [3.63, 3.8) is 0 Å². The van der Waals surface area contributed by atoms with Gasteiger partial charge in [0.25, 0.3) is 0 Å². The maximum absolute atomic E-state index is 11.8. The predicted octanol–water partition coefficient (Wildman–Crippen LogP) is 4.07. The van der Waals surface area contributed by atoms with Crippen molar-refractivity contribution in [3.05, 3.63) is 50.1 Å². The number of anilines is 1. The van der Waals surface area contributed by atoms with Crippen molar-refractivity contribution in [2.45, 2.75) is 6.54 Å². The lowest BCUT2D eigenvalue weighted by molar-refractivity contribution is 0.0698. The highest BCUT2D eigenvalue weighted by Gasteiger charge is 2.13. The minimum Gasteiger partial charge on any atom is -0.478 e. The molecule has 0 bridgehead atoms. The standard InChI is InChI=1S/C13H10Cl2N2O3S/c14-7-1-3-9(12(18)19)10(5-7)17-13(20)16-6-8-2-4-11(15)21-8/h1-5H,6H2,(H,18,19)(H2,16,17,20). The molecule has 2 aromatic rings. The van der Waals surface area contributed by atoms with Crippen LogP contribution in [0.3, 0.4) is 0 Å². The Morgan fingerprint density at radius 2 is 1.95 bits per heavy atom. The van der Waals surface area contributed by atoms with E-state index < -0.39 is 12.0 Å². The molecule has 0 aliphatic rings. The number of nitrogens with one attached hydrogen (secondary N) is 2. The van der Waals surface area contributed by atoms with E-state index in [1.165, 1.54) is 29.5 Å². The first-order valence-corrected chi connectivity index (χ1v) is 7.35. The number of carbonyl (C=O) groups is 2. The highest BCUT2D eigenvalue weighted by molar-refractivity contribution is 7.16. The zero-order valence-electron chi connectivity index (χ0n) is 10.5. The Morgan fingerprint density at radius 3 is 2.57 bits per heavy atom. The molecule has 1 aromatic heterocycles. The van der Waals surface area contributed by atoms with Gasteiger partial charge in [-0.15, -0.1) is 11.3 Å². The van der Waals surface area contributed by atoms with Crippen molar-refractivity contribution < 1.29 is 14.7 Å². The summed E-state index contributed by atoms with van der Waals surface area (Å²) < 4.78 is 0.634. The second-order valence-corrected chi connectivity index (χ2v) is 6.24. The number of halogens is 2. The monoisotopic (exact) mass is 344 g/mol. The van der Waals surface area contributed by atoms with E-state index in [2.05, 4.69) is 10.6 Å². The second-order valence-electron chi connectivity index (χ2n) is 4.01. The Labute approximate surface area is 134 Å². The summed E-state index contributed by atoms with van der Waals surface area (Å²) in [5.41, 5.74) is 0.102. The quantitative estimate of drug-likeness (QED) is 0.781. The predicted molar refractivity (Wildman–Crippen MR) is 83.6 cm³/mol. The van der Waals surface area contributed by atoms with Crippen LogP contribution in [0.5, 0.6) is 0 Å². The summed E-state index contributed by atoms with van der Waals surface area (Å²) >= 11 is 12.9. The number of carboxylic acids is 1. The zero-order valence-corrected chi connectivity index (χ0v) is 12.9. The van der Waals surface area contributed by atoms with E-state index in [0.29, 0.717) is 15.9 Å². The number of carbonyl (C=O) groups excluding carboxylic acids is 1. The number of hydrogen-bond donors (Lipinski definition) is 3. The topological polar surface area (TPSA) is 78.4 Å². The van der Waals surface area contributed by atoms with Gasteiger partial charge in [-0.25, -0.2) is 9.59 Å². The van der Waals surface area contributed by atoms with Crippen LogP contribution in [0.2, 0.25) is 9.36 Å². The maximum Gasteiger partial charge on any atom is 0.337 e. The largest absolute Gasteiger partial charge is 0.478 e. The number of thiophene rings is 1. The van der Waals surface area contributed by atoms with Crippen molar-refractivity contribution in [2.75, 3.05) is 5.32 Å². The Kier molecular flexibility index (Phi) is 5.06. The highest BCUT2D eigenvalue weighted by atomic mass is 35.5. The molecule has 21 heavy (non-hydrogen) atoms. The smallest absolute Gasteiger partial charge is 0.337 e. The number of aromatic carboxylic acids is 1. The van der Waals surface area contributed by atoms with E-state index in [1.54, 1.807) is 12.1 Å². The van der Waals surface area contributed by atoms with Gasteiger partial charge >= 0.3 is 12.0 Å². The molecule has 0 aliphatic heterocycles. The minimum absolute atomic E-state index is 0.0336. The summed E-state index contributed by atoms with van der Waals surface area (Å²) in [5.74, 6) is -1.15. The average molecular weight is 345 g/mol. The summed E-state index contributed by atoms with van der Waals surface area (Å²) in [5, 5.41) is 14.5. The van der Waals surface area contributed by atoms with Gasteiger partial charge in [0.1, 0.15) is 0 Å². The normalized spacial score (nSPS) is 10.2. The summed E-state index contributed by atoms with van der Waals surface area (Å²) in [4.78, 5) is 23.7. The maximum atomic E-state index is 11.8. The van der Waals surface area contributed by atoms with Gasteiger partial charge < -0.3 is 15.7 Å². The molecule has 8 heteroatoms. The molecule has 0 atom stereocenters. The van der Waals surface area contributed by atoms with Gasteiger partial charge in [-0.05, 0) is 30.3 Å². The highest BCUT2D eigenvalue weighted by Crippen LogP contribution is 2.22. The first-order valence-electron chi connectivity index (χ1n) is 5.77. The molecular weight excluding hydrogens is 335 g/mol. The van der Waals surface area contributed by atoms with E-state index in [1.807, 2.05) is 0 Å². The van der Waals surface area contributed by atoms with Crippen LogP contribution >= 0.6 is 34.5 Å². The molecule has 0 fully saturated rings. The van der Waals surface area contributed by atoms with Crippen LogP contribution in [0.4, 0.5) is 10.5 Å². The molecule has 0 aliphatic carbocycles. The van der Waals surface area contributed by atoms with E-state index in [4.69, 9.17) is 28.3 Å². The van der Waals surface area contributed by atoms with Crippen LogP contribution in [0, 0.1) is 0 Å². The fourth-order valence-corrected chi connectivity index (χ4v) is 2.79. The Balaban J connectivity index is 2.02. The fourth-order valence-electron chi connectivity index (χ4n) is 1.59. The molecule has 1 aromatic carbocycles. The van der Waals surface area contributed by atoms with Crippen molar-refractivity contribution in [3.8, 4) is 0 Å². The van der Waals surface area contributed by atoms with Crippen molar-refractivity contribution >= 4 is 52.2 Å². The number of hydrogen-bond acceptors (Lipinski definition) is 3. The third-order valence-corrected chi connectivity index (χ3v) is 3.98. The summed E-state index contributed by atoms with van der Waals surface area (Å²) in [6.45, 7) is 0.298.